The van der Waals surface area contributed by atoms with Gasteiger partial charge in [0.2, 0.25) is 0 Å². The zero-order chi connectivity index (χ0) is 13.0. The molecule has 94 valence electrons. The summed E-state index contributed by atoms with van der Waals surface area (Å²) in [6, 6.07) is 8.96. The van der Waals surface area contributed by atoms with E-state index in [1.807, 2.05) is 16.8 Å². The molecule has 2 amide bonds. The molecule has 0 aliphatic rings. The minimum absolute atomic E-state index is 0.133. The number of nitrogens with one attached hydrogen (secondary N) is 1. The number of nitrogens with zero attached hydrogens (tertiary/aromatic N) is 1. The van der Waals surface area contributed by atoms with E-state index in [4.69, 9.17) is 5.73 Å². The van der Waals surface area contributed by atoms with Crippen molar-refractivity contribution in [2.45, 2.75) is 6.54 Å². The van der Waals surface area contributed by atoms with Crippen LogP contribution >= 0.6 is 11.3 Å². The number of nitrogen functional groups attached to an aromatic ring is 1. The van der Waals surface area contributed by atoms with Crippen molar-refractivity contribution in [2.24, 2.45) is 0 Å². The van der Waals surface area contributed by atoms with Crippen LogP contribution in [0.2, 0.25) is 0 Å². The topological polar surface area (TPSA) is 58.4 Å². The Morgan fingerprint density at radius 1 is 1.33 bits per heavy atom. The van der Waals surface area contributed by atoms with Crippen molar-refractivity contribution in [3.05, 3.63) is 46.7 Å². The van der Waals surface area contributed by atoms with Crippen molar-refractivity contribution in [2.75, 3.05) is 18.1 Å². The van der Waals surface area contributed by atoms with Crippen LogP contribution in [0.15, 0.2) is 41.1 Å². The molecule has 2 rings (SSSR count). The third-order valence-electron chi connectivity index (χ3n) is 2.51. The van der Waals surface area contributed by atoms with E-state index in [1.165, 1.54) is 0 Å². The van der Waals surface area contributed by atoms with Crippen LogP contribution in [0, 0.1) is 0 Å². The molecule has 2 aromatic rings. The lowest BCUT2D eigenvalue weighted by Crippen LogP contribution is -2.30. The maximum absolute atomic E-state index is 11.9. The summed E-state index contributed by atoms with van der Waals surface area (Å²) < 4.78 is 0. The van der Waals surface area contributed by atoms with Gasteiger partial charge in [0, 0.05) is 25.0 Å². The van der Waals surface area contributed by atoms with Crippen LogP contribution in [0.4, 0.5) is 16.2 Å². The number of rotatable bonds is 3. The molecule has 0 aliphatic carbocycles. The average Bonchev–Trinajstić information content (AvgIpc) is 2.85. The molecule has 0 saturated carbocycles. The Hall–Kier alpha value is -2.01. The van der Waals surface area contributed by atoms with Crippen molar-refractivity contribution in [1.82, 2.24) is 4.90 Å². The summed E-state index contributed by atoms with van der Waals surface area (Å²) in [5, 5.41) is 6.85. The first kappa shape index (κ1) is 12.4. The molecule has 0 spiro atoms. The standard InChI is InChI=1S/C13H15N3OS/c1-16(8-10-6-7-18-9-10)13(17)15-12-4-2-11(14)3-5-12/h2-7,9H,8,14H2,1H3,(H,15,17). The van der Waals surface area contributed by atoms with Gasteiger partial charge in [0.1, 0.15) is 0 Å². The summed E-state index contributed by atoms with van der Waals surface area (Å²) in [7, 11) is 1.77. The van der Waals surface area contributed by atoms with Gasteiger partial charge < -0.3 is 16.0 Å². The first-order chi connectivity index (χ1) is 8.65. The van der Waals surface area contributed by atoms with Crippen molar-refractivity contribution in [1.29, 1.82) is 0 Å². The van der Waals surface area contributed by atoms with Gasteiger partial charge in [0.25, 0.3) is 0 Å². The van der Waals surface area contributed by atoms with E-state index in [-0.39, 0.29) is 6.03 Å². The molecule has 3 N–H and O–H groups in total. The zero-order valence-electron chi connectivity index (χ0n) is 10.1. The Morgan fingerprint density at radius 3 is 2.67 bits per heavy atom. The fraction of sp³-hybridized carbons (Fsp3) is 0.154. The van der Waals surface area contributed by atoms with E-state index in [0.717, 1.165) is 11.3 Å². The van der Waals surface area contributed by atoms with Gasteiger partial charge in [-0.1, -0.05) is 0 Å². The van der Waals surface area contributed by atoms with Gasteiger partial charge in [-0.2, -0.15) is 11.3 Å². The van der Waals surface area contributed by atoms with Crippen molar-refractivity contribution in [3.63, 3.8) is 0 Å². The Balaban J connectivity index is 1.93. The predicted octanol–water partition coefficient (Wildman–Crippen LogP) is 2.99. The lowest BCUT2D eigenvalue weighted by molar-refractivity contribution is 0.221. The van der Waals surface area contributed by atoms with Crippen molar-refractivity contribution >= 4 is 28.7 Å². The summed E-state index contributed by atoms with van der Waals surface area (Å²) in [6.45, 7) is 0.601. The second-order valence-electron chi connectivity index (χ2n) is 4.04. The monoisotopic (exact) mass is 261 g/mol. The van der Waals surface area contributed by atoms with Crippen LogP contribution < -0.4 is 11.1 Å². The minimum Gasteiger partial charge on any atom is -0.399 e. The SMILES string of the molecule is CN(Cc1ccsc1)C(=O)Nc1ccc(N)cc1. The molecule has 0 aliphatic heterocycles. The molecular formula is C13H15N3OS. The number of urea groups is 1. The first-order valence-corrected chi connectivity index (χ1v) is 6.48. The maximum Gasteiger partial charge on any atom is 0.321 e. The number of carbonyl (C=O) groups is 1. The number of hydrogen-bond donors (Lipinski definition) is 2. The predicted molar refractivity (Wildman–Crippen MR) is 75.7 cm³/mol. The Morgan fingerprint density at radius 2 is 2.06 bits per heavy atom. The highest BCUT2D eigenvalue weighted by molar-refractivity contribution is 7.07. The highest BCUT2D eigenvalue weighted by Gasteiger charge is 2.09. The number of anilines is 2. The molecule has 0 fully saturated rings. The fourth-order valence-electron chi connectivity index (χ4n) is 1.51. The van der Waals surface area contributed by atoms with E-state index in [1.54, 1.807) is 47.5 Å². The molecule has 1 aromatic carbocycles. The van der Waals surface area contributed by atoms with Crippen LogP contribution in [0.1, 0.15) is 5.56 Å². The largest absolute Gasteiger partial charge is 0.399 e. The normalized spacial score (nSPS) is 10.1. The highest BCUT2D eigenvalue weighted by atomic mass is 32.1. The van der Waals surface area contributed by atoms with Gasteiger partial charge in [-0.3, -0.25) is 0 Å². The number of nitrogens with two attached hydrogens (primary N) is 1. The molecule has 0 radical (unpaired) electrons. The van der Waals surface area contributed by atoms with E-state index in [2.05, 4.69) is 5.32 Å². The van der Waals surface area contributed by atoms with Crippen LogP contribution in [0.5, 0.6) is 0 Å². The van der Waals surface area contributed by atoms with Crippen LogP contribution in [-0.4, -0.2) is 18.0 Å². The molecule has 18 heavy (non-hydrogen) atoms. The molecule has 4 nitrogen and oxygen atoms in total. The van der Waals surface area contributed by atoms with E-state index in [0.29, 0.717) is 12.2 Å². The van der Waals surface area contributed by atoms with Gasteiger partial charge in [-0.05, 0) is 46.7 Å². The number of benzene rings is 1. The minimum atomic E-state index is -0.133. The number of hydrogen-bond acceptors (Lipinski definition) is 3. The van der Waals surface area contributed by atoms with Crippen LogP contribution in [0.25, 0.3) is 0 Å². The van der Waals surface area contributed by atoms with E-state index >= 15 is 0 Å². The van der Waals surface area contributed by atoms with Crippen LogP contribution in [0.3, 0.4) is 0 Å². The molecule has 0 bridgehead atoms. The zero-order valence-corrected chi connectivity index (χ0v) is 10.9. The second kappa shape index (κ2) is 5.55. The number of carbonyl (C=O) groups excluding carboxylic acids is 1. The van der Waals surface area contributed by atoms with Gasteiger partial charge >= 0.3 is 6.03 Å². The maximum atomic E-state index is 11.9. The Labute approximate surface area is 110 Å². The fourth-order valence-corrected chi connectivity index (χ4v) is 2.17. The Bertz CT molecular complexity index is 508. The second-order valence-corrected chi connectivity index (χ2v) is 4.82. The number of amides is 2. The first-order valence-electron chi connectivity index (χ1n) is 5.54. The van der Waals surface area contributed by atoms with Gasteiger partial charge in [-0.25, -0.2) is 4.79 Å². The quantitative estimate of drug-likeness (QED) is 0.834. The van der Waals surface area contributed by atoms with E-state index in [9.17, 15) is 4.79 Å². The van der Waals surface area contributed by atoms with Gasteiger partial charge in [-0.15, -0.1) is 0 Å². The third kappa shape index (κ3) is 3.24. The van der Waals surface area contributed by atoms with Gasteiger partial charge in [0.15, 0.2) is 0 Å². The van der Waals surface area contributed by atoms with Crippen molar-refractivity contribution in [3.8, 4) is 0 Å². The molecule has 0 saturated heterocycles. The summed E-state index contributed by atoms with van der Waals surface area (Å²) in [5.74, 6) is 0. The highest BCUT2D eigenvalue weighted by Crippen LogP contribution is 2.12. The summed E-state index contributed by atoms with van der Waals surface area (Å²) in [4.78, 5) is 13.5. The molecule has 0 unspecified atom stereocenters. The summed E-state index contributed by atoms with van der Waals surface area (Å²) >= 11 is 1.63. The molecule has 0 atom stereocenters. The molecule has 1 aromatic heterocycles. The van der Waals surface area contributed by atoms with Crippen molar-refractivity contribution < 1.29 is 4.79 Å². The van der Waals surface area contributed by atoms with Crippen LogP contribution in [-0.2, 0) is 6.54 Å². The number of thiophene rings is 1. The lowest BCUT2D eigenvalue weighted by Gasteiger charge is -2.17. The molecule has 1 heterocycles. The third-order valence-corrected chi connectivity index (χ3v) is 3.24. The summed E-state index contributed by atoms with van der Waals surface area (Å²) in [5.41, 5.74) is 8.14. The average molecular weight is 261 g/mol. The van der Waals surface area contributed by atoms with Gasteiger partial charge in [0.05, 0.1) is 0 Å². The Kier molecular flexibility index (Phi) is 3.84. The lowest BCUT2D eigenvalue weighted by atomic mass is 10.3. The summed E-state index contributed by atoms with van der Waals surface area (Å²) in [6.07, 6.45) is 0. The molecule has 5 heteroatoms. The molecular weight excluding hydrogens is 246 g/mol. The van der Waals surface area contributed by atoms with E-state index < -0.39 is 0 Å². The smallest absolute Gasteiger partial charge is 0.321 e.